The van der Waals surface area contributed by atoms with E-state index in [2.05, 4.69) is 6.92 Å². The molecule has 0 radical (unpaired) electrons. The number of carbonyl (C=O) groups is 1. The molecule has 1 amide bonds. The number of ether oxygens (including phenoxy) is 1. The van der Waals surface area contributed by atoms with Crippen LogP contribution in [0, 0.1) is 5.92 Å². The van der Waals surface area contributed by atoms with Gasteiger partial charge in [0.05, 0.1) is 0 Å². The number of hydrogen-bond acceptors (Lipinski definition) is 3. The molecule has 0 spiro atoms. The van der Waals surface area contributed by atoms with Crippen LogP contribution in [-0.2, 0) is 9.53 Å². The largest absolute Gasteiger partial charge is 0.365 e. The van der Waals surface area contributed by atoms with Crippen molar-refractivity contribution in [3.63, 3.8) is 0 Å². The summed E-state index contributed by atoms with van der Waals surface area (Å²) >= 11 is 0. The predicted octanol–water partition coefficient (Wildman–Crippen LogP) is 0.751. The summed E-state index contributed by atoms with van der Waals surface area (Å²) in [6.07, 6.45) is 2.83. The van der Waals surface area contributed by atoms with E-state index in [4.69, 9.17) is 10.5 Å². The van der Waals surface area contributed by atoms with Crippen LogP contribution in [0.15, 0.2) is 0 Å². The molecule has 92 valence electrons. The number of rotatable bonds is 1. The first-order valence-electron chi connectivity index (χ1n) is 6.22. The normalized spacial score (nSPS) is 40.1. The Morgan fingerprint density at radius 1 is 1.56 bits per heavy atom. The maximum atomic E-state index is 12.3. The minimum absolute atomic E-state index is 0.114. The number of amides is 1. The van der Waals surface area contributed by atoms with E-state index in [0.29, 0.717) is 19.1 Å². The van der Waals surface area contributed by atoms with E-state index in [9.17, 15) is 4.79 Å². The van der Waals surface area contributed by atoms with Gasteiger partial charge in [-0.15, -0.1) is 0 Å². The molecule has 2 heterocycles. The highest BCUT2D eigenvalue weighted by atomic mass is 16.5. The molecule has 0 aromatic rings. The molecule has 2 aliphatic heterocycles. The number of hydrogen-bond donors (Lipinski definition) is 1. The third-order valence-electron chi connectivity index (χ3n) is 3.97. The molecular weight excluding hydrogens is 204 g/mol. The van der Waals surface area contributed by atoms with Gasteiger partial charge in [0, 0.05) is 25.7 Å². The van der Waals surface area contributed by atoms with Crippen molar-refractivity contribution in [3.05, 3.63) is 0 Å². The summed E-state index contributed by atoms with van der Waals surface area (Å²) in [6.45, 7) is 6.27. The van der Waals surface area contributed by atoms with Crippen LogP contribution >= 0.6 is 0 Å². The first-order valence-corrected chi connectivity index (χ1v) is 6.22. The van der Waals surface area contributed by atoms with Gasteiger partial charge in [-0.05, 0) is 32.1 Å². The summed E-state index contributed by atoms with van der Waals surface area (Å²) in [4.78, 5) is 14.2. The monoisotopic (exact) mass is 226 g/mol. The maximum Gasteiger partial charge on any atom is 0.254 e. The fraction of sp³-hybridized carbons (Fsp3) is 0.917. The molecule has 2 aliphatic rings. The van der Waals surface area contributed by atoms with Crippen LogP contribution in [0.4, 0.5) is 0 Å². The van der Waals surface area contributed by atoms with E-state index in [0.717, 1.165) is 25.8 Å². The Balaban J connectivity index is 2.00. The van der Waals surface area contributed by atoms with Crippen molar-refractivity contribution in [2.45, 2.75) is 44.8 Å². The lowest BCUT2D eigenvalue weighted by Crippen LogP contribution is -2.55. The van der Waals surface area contributed by atoms with Crippen molar-refractivity contribution in [2.24, 2.45) is 11.7 Å². The number of likely N-dealkylation sites (tertiary alicyclic amines) is 1. The van der Waals surface area contributed by atoms with Gasteiger partial charge in [0.2, 0.25) is 0 Å². The lowest BCUT2D eigenvalue weighted by atomic mass is 9.92. The van der Waals surface area contributed by atoms with E-state index in [1.165, 1.54) is 0 Å². The topological polar surface area (TPSA) is 55.6 Å². The van der Waals surface area contributed by atoms with Crippen molar-refractivity contribution in [1.82, 2.24) is 4.90 Å². The first kappa shape index (κ1) is 11.9. The van der Waals surface area contributed by atoms with E-state index in [-0.39, 0.29) is 11.9 Å². The highest BCUT2D eigenvalue weighted by molar-refractivity contribution is 5.85. The maximum absolute atomic E-state index is 12.3. The Kier molecular flexibility index (Phi) is 3.22. The van der Waals surface area contributed by atoms with E-state index < -0.39 is 5.60 Å². The highest BCUT2D eigenvalue weighted by Crippen LogP contribution is 2.29. The van der Waals surface area contributed by atoms with Gasteiger partial charge >= 0.3 is 0 Å². The van der Waals surface area contributed by atoms with Crippen molar-refractivity contribution in [2.75, 3.05) is 19.7 Å². The lowest BCUT2D eigenvalue weighted by Gasteiger charge is -2.38. The minimum atomic E-state index is -0.583. The zero-order valence-electron chi connectivity index (χ0n) is 10.2. The average molecular weight is 226 g/mol. The van der Waals surface area contributed by atoms with Gasteiger partial charge in [-0.1, -0.05) is 6.92 Å². The summed E-state index contributed by atoms with van der Waals surface area (Å²) in [5, 5.41) is 0. The van der Waals surface area contributed by atoms with Crippen LogP contribution in [0.1, 0.15) is 33.1 Å². The molecule has 4 heteroatoms. The number of nitrogens with two attached hydrogens (primary N) is 1. The molecule has 3 unspecified atom stereocenters. The van der Waals surface area contributed by atoms with Gasteiger partial charge in [0.25, 0.3) is 5.91 Å². The summed E-state index contributed by atoms with van der Waals surface area (Å²) in [5.74, 6) is 0.647. The molecule has 0 aromatic carbocycles. The molecular formula is C12H22N2O2. The summed E-state index contributed by atoms with van der Waals surface area (Å²) < 4.78 is 5.59. The molecule has 2 saturated heterocycles. The van der Waals surface area contributed by atoms with Gasteiger partial charge in [0.1, 0.15) is 5.60 Å². The summed E-state index contributed by atoms with van der Waals surface area (Å²) in [6, 6.07) is 0.114. The molecule has 0 saturated carbocycles. The molecule has 0 aliphatic carbocycles. The second-order valence-corrected chi connectivity index (χ2v) is 5.36. The average Bonchev–Trinajstić information content (AvgIpc) is 2.70. The smallest absolute Gasteiger partial charge is 0.254 e. The Morgan fingerprint density at radius 2 is 2.31 bits per heavy atom. The van der Waals surface area contributed by atoms with E-state index in [1.807, 2.05) is 11.8 Å². The van der Waals surface area contributed by atoms with Crippen LogP contribution in [0.3, 0.4) is 0 Å². The van der Waals surface area contributed by atoms with Crippen LogP contribution in [0.25, 0.3) is 0 Å². The van der Waals surface area contributed by atoms with Crippen LogP contribution in [0.2, 0.25) is 0 Å². The Bertz CT molecular complexity index is 274. The van der Waals surface area contributed by atoms with Gasteiger partial charge in [0.15, 0.2) is 0 Å². The molecule has 2 fully saturated rings. The molecule has 0 aromatic heterocycles. The first-order chi connectivity index (χ1) is 7.53. The van der Waals surface area contributed by atoms with Gasteiger partial charge < -0.3 is 15.4 Å². The van der Waals surface area contributed by atoms with Crippen LogP contribution in [-0.4, -0.2) is 42.1 Å². The third kappa shape index (κ3) is 2.09. The van der Waals surface area contributed by atoms with Crippen molar-refractivity contribution < 1.29 is 9.53 Å². The second kappa shape index (κ2) is 4.34. The molecule has 2 rings (SSSR count). The SMILES string of the molecule is CC1CCN(C(=O)C2(C)CCCO2)CC1N. The third-order valence-corrected chi connectivity index (χ3v) is 3.97. The van der Waals surface area contributed by atoms with Gasteiger partial charge in [-0.2, -0.15) is 0 Å². The fourth-order valence-electron chi connectivity index (χ4n) is 2.57. The van der Waals surface area contributed by atoms with Crippen LogP contribution < -0.4 is 5.73 Å². The van der Waals surface area contributed by atoms with Gasteiger partial charge in [-0.25, -0.2) is 0 Å². The Labute approximate surface area is 97.1 Å². The molecule has 3 atom stereocenters. The summed E-state index contributed by atoms with van der Waals surface area (Å²) in [5.41, 5.74) is 5.43. The predicted molar refractivity (Wildman–Crippen MR) is 61.9 cm³/mol. The fourth-order valence-corrected chi connectivity index (χ4v) is 2.57. The molecule has 0 bridgehead atoms. The zero-order chi connectivity index (χ0) is 11.8. The second-order valence-electron chi connectivity index (χ2n) is 5.36. The number of piperidine rings is 1. The van der Waals surface area contributed by atoms with Crippen molar-refractivity contribution in [1.29, 1.82) is 0 Å². The lowest BCUT2D eigenvalue weighted by molar-refractivity contribution is -0.152. The molecule has 4 nitrogen and oxygen atoms in total. The zero-order valence-corrected chi connectivity index (χ0v) is 10.2. The molecule has 2 N–H and O–H groups in total. The summed E-state index contributed by atoms with van der Waals surface area (Å²) in [7, 11) is 0. The van der Waals surface area contributed by atoms with Crippen molar-refractivity contribution in [3.8, 4) is 0 Å². The van der Waals surface area contributed by atoms with Crippen molar-refractivity contribution >= 4 is 5.91 Å². The Morgan fingerprint density at radius 3 is 2.88 bits per heavy atom. The van der Waals surface area contributed by atoms with Crippen LogP contribution in [0.5, 0.6) is 0 Å². The van der Waals surface area contributed by atoms with Gasteiger partial charge in [-0.3, -0.25) is 4.79 Å². The highest BCUT2D eigenvalue weighted by Gasteiger charge is 2.42. The van der Waals surface area contributed by atoms with E-state index >= 15 is 0 Å². The quantitative estimate of drug-likeness (QED) is 0.718. The number of carbonyl (C=O) groups excluding carboxylic acids is 1. The molecule has 16 heavy (non-hydrogen) atoms. The minimum Gasteiger partial charge on any atom is -0.365 e. The van der Waals surface area contributed by atoms with E-state index in [1.54, 1.807) is 0 Å². The standard InChI is InChI=1S/C12H22N2O2/c1-9-4-6-14(8-10(9)13)11(15)12(2)5-3-7-16-12/h9-10H,3-8,13H2,1-2H3. The Hall–Kier alpha value is -0.610. The number of nitrogens with zero attached hydrogens (tertiary/aromatic N) is 1.